The third-order valence-corrected chi connectivity index (χ3v) is 6.02. The van der Waals surface area contributed by atoms with Crippen LogP contribution < -0.4 is 0 Å². The summed E-state index contributed by atoms with van der Waals surface area (Å²) in [5.41, 5.74) is 2.05. The van der Waals surface area contributed by atoms with Crippen LogP contribution in [0.15, 0.2) is 60.7 Å². The van der Waals surface area contributed by atoms with Crippen molar-refractivity contribution < 1.29 is 8.42 Å². The summed E-state index contributed by atoms with van der Waals surface area (Å²) in [6.07, 6.45) is 0. The fourth-order valence-electron chi connectivity index (χ4n) is 1.75. The Hall–Kier alpha value is -1.26. The zero-order chi connectivity index (χ0) is 13.5. The van der Waals surface area contributed by atoms with Gasteiger partial charge in [0, 0.05) is 33.1 Å². The lowest BCUT2D eigenvalue weighted by Gasteiger charge is -2.03. The van der Waals surface area contributed by atoms with Crippen molar-refractivity contribution in [1.82, 2.24) is 0 Å². The minimum Gasteiger partial charge on any atom is -0.258 e. The molecule has 2 aromatic rings. The lowest BCUT2D eigenvalue weighted by Crippen LogP contribution is -2.08. The summed E-state index contributed by atoms with van der Waals surface area (Å²) < 4.78 is 23.9. The molecule has 0 fully saturated rings. The van der Waals surface area contributed by atoms with Gasteiger partial charge in [-0.05, 0) is 11.1 Å². The predicted octanol–water partition coefficient (Wildman–Crippen LogP) is 2.84. The van der Waals surface area contributed by atoms with Crippen LogP contribution in [-0.2, 0) is 33.1 Å². The number of benzene rings is 2. The largest absolute Gasteiger partial charge is 0.258 e. The first-order valence-electron chi connectivity index (χ1n) is 6.02. The highest BCUT2D eigenvalue weighted by Gasteiger charge is 2.08. The van der Waals surface area contributed by atoms with E-state index >= 15 is 0 Å². The zero-order valence-electron chi connectivity index (χ0n) is 10.5. The van der Waals surface area contributed by atoms with E-state index in [1.165, 1.54) is 0 Å². The molecular weight excluding hydrogens is 276 g/mol. The molecule has 0 unspecified atom stereocenters. The fourth-order valence-corrected chi connectivity index (χ4v) is 4.72. The standard InChI is InChI=1S/C15H16O2S2/c16-18(11-14-7-3-1-4-8-14)13-19(17)12-15-9-5-2-6-10-15/h1-10H,11-13H2/t18-,19-/m0/s1. The van der Waals surface area contributed by atoms with Crippen LogP contribution in [0, 0.1) is 0 Å². The van der Waals surface area contributed by atoms with Gasteiger partial charge in [0.25, 0.3) is 0 Å². The van der Waals surface area contributed by atoms with Crippen LogP contribution in [0.25, 0.3) is 0 Å². The van der Waals surface area contributed by atoms with Crippen molar-refractivity contribution in [3.63, 3.8) is 0 Å². The van der Waals surface area contributed by atoms with Crippen molar-refractivity contribution in [3.05, 3.63) is 71.8 Å². The lowest BCUT2D eigenvalue weighted by molar-refractivity contribution is 0.679. The van der Waals surface area contributed by atoms with Gasteiger partial charge in [0.2, 0.25) is 0 Å². The van der Waals surface area contributed by atoms with Crippen LogP contribution in [-0.4, -0.2) is 13.5 Å². The maximum Gasteiger partial charge on any atom is 0.0998 e. The molecule has 2 aromatic carbocycles. The molecule has 0 amide bonds. The van der Waals surface area contributed by atoms with Gasteiger partial charge in [-0.25, -0.2) is 0 Å². The van der Waals surface area contributed by atoms with Gasteiger partial charge in [-0.1, -0.05) is 60.7 Å². The second-order valence-corrected chi connectivity index (χ2v) is 7.54. The molecule has 2 atom stereocenters. The van der Waals surface area contributed by atoms with Crippen LogP contribution >= 0.6 is 0 Å². The van der Waals surface area contributed by atoms with E-state index in [1.54, 1.807) is 0 Å². The summed E-state index contributed by atoms with van der Waals surface area (Å²) in [6.45, 7) is 0. The Morgan fingerprint density at radius 1 is 0.632 bits per heavy atom. The quantitative estimate of drug-likeness (QED) is 0.820. The van der Waals surface area contributed by atoms with Crippen LogP contribution in [0.1, 0.15) is 11.1 Å². The highest BCUT2D eigenvalue weighted by Crippen LogP contribution is 2.07. The average Bonchev–Trinajstić information content (AvgIpc) is 2.40. The summed E-state index contributed by atoms with van der Waals surface area (Å²) in [5.74, 6) is 0.947. The molecule has 100 valence electrons. The second kappa shape index (κ2) is 7.36. The molecule has 19 heavy (non-hydrogen) atoms. The van der Waals surface area contributed by atoms with Gasteiger partial charge in [-0.15, -0.1) is 0 Å². The van der Waals surface area contributed by atoms with E-state index in [9.17, 15) is 8.42 Å². The molecule has 2 nitrogen and oxygen atoms in total. The van der Waals surface area contributed by atoms with Crippen molar-refractivity contribution in [3.8, 4) is 0 Å². The monoisotopic (exact) mass is 292 g/mol. The normalized spacial score (nSPS) is 13.9. The molecule has 0 spiro atoms. The second-order valence-electron chi connectivity index (χ2n) is 4.26. The molecule has 0 radical (unpaired) electrons. The van der Waals surface area contributed by atoms with Crippen LogP contribution in [0.4, 0.5) is 0 Å². The predicted molar refractivity (Wildman–Crippen MR) is 81.4 cm³/mol. The maximum atomic E-state index is 11.9. The molecule has 0 saturated heterocycles. The van der Waals surface area contributed by atoms with E-state index < -0.39 is 21.6 Å². The lowest BCUT2D eigenvalue weighted by atomic mass is 10.2. The Balaban J connectivity index is 1.84. The molecule has 0 aliphatic heterocycles. The van der Waals surface area contributed by atoms with E-state index in [0.29, 0.717) is 11.5 Å². The summed E-state index contributed by atoms with van der Waals surface area (Å²) >= 11 is 0. The molecule has 0 aliphatic carbocycles. The molecule has 0 saturated carbocycles. The van der Waals surface area contributed by atoms with Gasteiger partial charge < -0.3 is 0 Å². The van der Waals surface area contributed by atoms with Gasteiger partial charge >= 0.3 is 0 Å². The highest BCUT2D eigenvalue weighted by molar-refractivity contribution is 8.01. The molecule has 0 aromatic heterocycles. The highest BCUT2D eigenvalue weighted by atomic mass is 32.2. The van der Waals surface area contributed by atoms with E-state index in [-0.39, 0.29) is 5.08 Å². The minimum absolute atomic E-state index is 0.240. The Kier molecular flexibility index (Phi) is 5.48. The number of hydrogen-bond acceptors (Lipinski definition) is 2. The fraction of sp³-hybridized carbons (Fsp3) is 0.200. The molecule has 0 bridgehead atoms. The van der Waals surface area contributed by atoms with Gasteiger partial charge in [0.05, 0.1) is 5.08 Å². The molecular formula is C15H16O2S2. The van der Waals surface area contributed by atoms with E-state index in [0.717, 1.165) is 11.1 Å². The van der Waals surface area contributed by atoms with Gasteiger partial charge in [0.1, 0.15) is 0 Å². The Labute approximate surface area is 118 Å². The van der Waals surface area contributed by atoms with Crippen molar-refractivity contribution in [2.75, 3.05) is 5.08 Å². The van der Waals surface area contributed by atoms with Crippen molar-refractivity contribution in [2.45, 2.75) is 11.5 Å². The summed E-state index contributed by atoms with van der Waals surface area (Å²) in [4.78, 5) is 0. The van der Waals surface area contributed by atoms with Crippen molar-refractivity contribution in [1.29, 1.82) is 0 Å². The molecule has 0 N–H and O–H groups in total. The Morgan fingerprint density at radius 2 is 1.00 bits per heavy atom. The van der Waals surface area contributed by atoms with Gasteiger partial charge in [0.15, 0.2) is 0 Å². The van der Waals surface area contributed by atoms with Crippen molar-refractivity contribution >= 4 is 21.6 Å². The third-order valence-electron chi connectivity index (χ3n) is 2.60. The van der Waals surface area contributed by atoms with Gasteiger partial charge in [-0.2, -0.15) is 0 Å². The van der Waals surface area contributed by atoms with Crippen LogP contribution in [0.3, 0.4) is 0 Å². The topological polar surface area (TPSA) is 34.1 Å². The maximum absolute atomic E-state index is 11.9. The average molecular weight is 292 g/mol. The van der Waals surface area contributed by atoms with E-state index in [1.807, 2.05) is 60.7 Å². The Morgan fingerprint density at radius 3 is 1.37 bits per heavy atom. The molecule has 2 rings (SSSR count). The first-order valence-corrected chi connectivity index (χ1v) is 8.99. The van der Waals surface area contributed by atoms with Crippen LogP contribution in [0.2, 0.25) is 0 Å². The zero-order valence-corrected chi connectivity index (χ0v) is 12.2. The summed E-state index contributed by atoms with van der Waals surface area (Å²) in [5, 5.41) is 0.240. The molecule has 4 heteroatoms. The number of rotatable bonds is 6. The van der Waals surface area contributed by atoms with Crippen LogP contribution in [0.5, 0.6) is 0 Å². The third kappa shape index (κ3) is 5.09. The first-order chi connectivity index (χ1) is 9.24. The SMILES string of the molecule is O=[S@@](Cc1ccccc1)C[S@@](=O)Cc1ccccc1. The molecule has 0 aliphatic rings. The van der Waals surface area contributed by atoms with Crippen molar-refractivity contribution in [2.24, 2.45) is 0 Å². The van der Waals surface area contributed by atoms with Gasteiger partial charge in [-0.3, -0.25) is 8.42 Å². The minimum atomic E-state index is -1.07. The summed E-state index contributed by atoms with van der Waals surface area (Å²) in [7, 11) is -2.15. The van der Waals surface area contributed by atoms with E-state index in [4.69, 9.17) is 0 Å². The Bertz CT molecular complexity index is 501. The number of hydrogen-bond donors (Lipinski definition) is 0. The smallest absolute Gasteiger partial charge is 0.0998 e. The first kappa shape index (κ1) is 14.2. The van der Waals surface area contributed by atoms with E-state index in [2.05, 4.69) is 0 Å². The summed E-state index contributed by atoms with van der Waals surface area (Å²) in [6, 6.07) is 19.3. The molecule has 0 heterocycles.